The standard InChI is InChI=1S/C20H32N4O2/c1-5-6-7-8-13(2)11-16-18(22-3)23-19(24-20(16)25)15-10-9-14(21)12-17(15)26-4/h9-10,13-14H,5-8,11-12,21H2,1-4H3,(H2,22,23,24,25)/t13-,14?/m1/s1. The minimum atomic E-state index is -0.0899. The van der Waals surface area contributed by atoms with Crippen LogP contribution in [0.15, 0.2) is 22.7 Å². The lowest BCUT2D eigenvalue weighted by Crippen LogP contribution is -2.24. The van der Waals surface area contributed by atoms with Gasteiger partial charge in [-0.25, -0.2) is 4.98 Å². The van der Waals surface area contributed by atoms with Gasteiger partial charge in [0.2, 0.25) is 0 Å². The summed E-state index contributed by atoms with van der Waals surface area (Å²) in [6.07, 6.45) is 9.86. The molecule has 0 aliphatic heterocycles. The van der Waals surface area contributed by atoms with Crippen molar-refractivity contribution in [3.8, 4) is 0 Å². The number of nitrogens with one attached hydrogen (secondary N) is 2. The molecule has 144 valence electrons. The van der Waals surface area contributed by atoms with E-state index in [0.29, 0.717) is 24.0 Å². The fraction of sp³-hybridized carbons (Fsp3) is 0.600. The monoisotopic (exact) mass is 360 g/mol. The molecule has 6 heteroatoms. The van der Waals surface area contributed by atoms with Gasteiger partial charge in [-0.1, -0.05) is 51.7 Å². The summed E-state index contributed by atoms with van der Waals surface area (Å²) in [4.78, 5) is 20.3. The van der Waals surface area contributed by atoms with Crippen LogP contribution in [-0.4, -0.2) is 30.2 Å². The summed E-state index contributed by atoms with van der Waals surface area (Å²) in [5.41, 5.74) is 7.36. The minimum Gasteiger partial charge on any atom is -0.500 e. The first kappa shape index (κ1) is 20.2. The number of methoxy groups -OCH3 is 1. The molecule has 2 atom stereocenters. The van der Waals surface area contributed by atoms with Crippen molar-refractivity contribution in [2.24, 2.45) is 11.7 Å². The van der Waals surface area contributed by atoms with Gasteiger partial charge in [-0.2, -0.15) is 0 Å². The van der Waals surface area contributed by atoms with Crippen LogP contribution >= 0.6 is 0 Å². The van der Waals surface area contributed by atoms with E-state index in [1.165, 1.54) is 19.3 Å². The average molecular weight is 361 g/mol. The zero-order valence-electron chi connectivity index (χ0n) is 16.4. The number of hydrogen-bond donors (Lipinski definition) is 3. The fourth-order valence-corrected chi connectivity index (χ4v) is 3.32. The summed E-state index contributed by atoms with van der Waals surface area (Å²) in [7, 11) is 3.42. The summed E-state index contributed by atoms with van der Waals surface area (Å²) in [5, 5.41) is 3.09. The van der Waals surface area contributed by atoms with E-state index in [0.717, 1.165) is 29.7 Å². The van der Waals surface area contributed by atoms with Gasteiger partial charge in [-0.15, -0.1) is 0 Å². The van der Waals surface area contributed by atoms with Crippen molar-refractivity contribution in [3.05, 3.63) is 39.7 Å². The van der Waals surface area contributed by atoms with Crippen LogP contribution in [0.1, 0.15) is 57.3 Å². The first-order valence-electron chi connectivity index (χ1n) is 9.52. The van der Waals surface area contributed by atoms with Gasteiger partial charge in [0, 0.05) is 19.5 Å². The van der Waals surface area contributed by atoms with Crippen molar-refractivity contribution >= 4 is 11.4 Å². The van der Waals surface area contributed by atoms with Crippen LogP contribution in [-0.2, 0) is 11.2 Å². The molecule has 0 saturated carbocycles. The number of aromatic amines is 1. The normalized spacial score (nSPS) is 18.1. The molecule has 1 unspecified atom stereocenters. The number of unbranched alkanes of at least 4 members (excludes halogenated alkanes) is 2. The molecule has 0 fully saturated rings. The molecule has 0 aromatic carbocycles. The Balaban J connectivity index is 2.29. The number of aromatic nitrogens is 2. The quantitative estimate of drug-likeness (QED) is 0.588. The largest absolute Gasteiger partial charge is 0.500 e. The van der Waals surface area contributed by atoms with Crippen molar-refractivity contribution in [1.29, 1.82) is 0 Å². The molecule has 2 rings (SSSR count). The number of allylic oxidation sites excluding steroid dienone is 2. The summed E-state index contributed by atoms with van der Waals surface area (Å²) in [6, 6.07) is -0.0764. The van der Waals surface area contributed by atoms with Crippen LogP contribution in [0.25, 0.3) is 5.57 Å². The van der Waals surface area contributed by atoms with Crippen LogP contribution in [0.4, 0.5) is 5.82 Å². The van der Waals surface area contributed by atoms with Gasteiger partial charge in [-0.05, 0) is 12.3 Å². The van der Waals surface area contributed by atoms with E-state index in [1.54, 1.807) is 14.2 Å². The SMILES string of the molecule is CCCCC[C@@H](C)Cc1c(NC)nc(C2=C(OC)CC(N)C=C2)[nH]c1=O. The predicted molar refractivity (Wildman–Crippen MR) is 107 cm³/mol. The highest BCUT2D eigenvalue weighted by atomic mass is 16.5. The number of nitrogens with two attached hydrogens (primary N) is 1. The van der Waals surface area contributed by atoms with Crippen molar-refractivity contribution < 1.29 is 4.74 Å². The summed E-state index contributed by atoms with van der Waals surface area (Å²) < 4.78 is 5.46. The number of hydrogen-bond acceptors (Lipinski definition) is 5. The molecule has 1 aliphatic rings. The molecule has 26 heavy (non-hydrogen) atoms. The Morgan fingerprint density at radius 1 is 1.46 bits per heavy atom. The first-order chi connectivity index (χ1) is 12.5. The smallest absolute Gasteiger partial charge is 0.256 e. The highest BCUT2D eigenvalue weighted by molar-refractivity contribution is 5.73. The molecular formula is C20H32N4O2. The topological polar surface area (TPSA) is 93.0 Å². The van der Waals surface area contributed by atoms with Crippen LogP contribution in [0.3, 0.4) is 0 Å². The molecule has 4 N–H and O–H groups in total. The predicted octanol–water partition coefficient (Wildman–Crippen LogP) is 3.22. The fourth-order valence-electron chi connectivity index (χ4n) is 3.32. The second-order valence-corrected chi connectivity index (χ2v) is 7.06. The molecule has 1 aromatic rings. The van der Waals surface area contributed by atoms with Crippen molar-refractivity contribution in [3.63, 3.8) is 0 Å². The third-order valence-electron chi connectivity index (χ3n) is 4.84. The molecule has 6 nitrogen and oxygen atoms in total. The lowest BCUT2D eigenvalue weighted by atomic mass is 9.96. The molecule has 1 aromatic heterocycles. The van der Waals surface area contributed by atoms with Gasteiger partial charge in [0.05, 0.1) is 18.2 Å². The van der Waals surface area contributed by atoms with Gasteiger partial charge in [0.25, 0.3) is 5.56 Å². The molecular weight excluding hydrogens is 328 g/mol. The Morgan fingerprint density at radius 3 is 2.88 bits per heavy atom. The zero-order chi connectivity index (χ0) is 19.1. The molecule has 0 radical (unpaired) electrons. The van der Waals surface area contributed by atoms with Crippen molar-refractivity contribution in [2.45, 2.75) is 58.4 Å². The molecule has 0 saturated heterocycles. The lowest BCUT2D eigenvalue weighted by Gasteiger charge is -2.19. The highest BCUT2D eigenvalue weighted by Gasteiger charge is 2.20. The van der Waals surface area contributed by atoms with E-state index in [1.807, 2.05) is 12.2 Å². The molecule has 0 amide bonds. The molecule has 1 heterocycles. The maximum absolute atomic E-state index is 12.7. The number of ether oxygens (including phenoxy) is 1. The zero-order valence-corrected chi connectivity index (χ0v) is 16.4. The number of nitrogens with zero attached hydrogens (tertiary/aromatic N) is 1. The van der Waals surface area contributed by atoms with Gasteiger partial charge >= 0.3 is 0 Å². The van der Waals surface area contributed by atoms with E-state index in [4.69, 9.17) is 10.5 Å². The Kier molecular flexibility index (Phi) is 7.45. The third-order valence-corrected chi connectivity index (χ3v) is 4.84. The lowest BCUT2D eigenvalue weighted by molar-refractivity contribution is 0.275. The van der Waals surface area contributed by atoms with Crippen LogP contribution in [0, 0.1) is 5.92 Å². The van der Waals surface area contributed by atoms with E-state index in [2.05, 4.69) is 29.1 Å². The third kappa shape index (κ3) is 4.97. The summed E-state index contributed by atoms with van der Waals surface area (Å²) in [5.74, 6) is 2.34. The van der Waals surface area contributed by atoms with E-state index in [9.17, 15) is 4.79 Å². The maximum atomic E-state index is 12.7. The van der Waals surface area contributed by atoms with Crippen LogP contribution in [0.5, 0.6) is 0 Å². The van der Waals surface area contributed by atoms with Gasteiger partial charge < -0.3 is 20.8 Å². The number of H-pyrrole nitrogens is 1. The van der Waals surface area contributed by atoms with E-state index < -0.39 is 0 Å². The second kappa shape index (κ2) is 9.57. The first-order valence-corrected chi connectivity index (χ1v) is 9.52. The number of anilines is 1. The Hall–Kier alpha value is -2.08. The van der Waals surface area contributed by atoms with Gasteiger partial charge in [0.1, 0.15) is 17.4 Å². The summed E-state index contributed by atoms with van der Waals surface area (Å²) in [6.45, 7) is 4.39. The molecule has 0 bridgehead atoms. The Bertz CT molecular complexity index is 721. The van der Waals surface area contributed by atoms with Crippen molar-refractivity contribution in [2.75, 3.05) is 19.5 Å². The van der Waals surface area contributed by atoms with E-state index in [-0.39, 0.29) is 11.6 Å². The van der Waals surface area contributed by atoms with Gasteiger partial charge in [-0.3, -0.25) is 4.79 Å². The summed E-state index contributed by atoms with van der Waals surface area (Å²) >= 11 is 0. The van der Waals surface area contributed by atoms with Crippen LogP contribution in [0.2, 0.25) is 0 Å². The van der Waals surface area contributed by atoms with Crippen LogP contribution < -0.4 is 16.6 Å². The Morgan fingerprint density at radius 2 is 2.23 bits per heavy atom. The van der Waals surface area contributed by atoms with E-state index >= 15 is 0 Å². The average Bonchev–Trinajstić information content (AvgIpc) is 2.63. The molecule has 1 aliphatic carbocycles. The Labute approximate surface area is 155 Å². The van der Waals surface area contributed by atoms with Gasteiger partial charge in [0.15, 0.2) is 0 Å². The maximum Gasteiger partial charge on any atom is 0.256 e. The minimum absolute atomic E-state index is 0.0764. The highest BCUT2D eigenvalue weighted by Crippen LogP contribution is 2.26. The number of rotatable bonds is 9. The van der Waals surface area contributed by atoms with Crippen molar-refractivity contribution in [1.82, 2.24) is 9.97 Å². The second-order valence-electron chi connectivity index (χ2n) is 7.06. The molecule has 0 spiro atoms.